The predicted octanol–water partition coefficient (Wildman–Crippen LogP) is 2.74. The van der Waals surface area contributed by atoms with Crippen molar-refractivity contribution in [3.8, 4) is 0 Å². The van der Waals surface area contributed by atoms with Gasteiger partial charge < -0.3 is 11.1 Å². The number of carbonyl (C=O) groups excluding carboxylic acids is 1. The van der Waals surface area contributed by atoms with Crippen LogP contribution in [0.3, 0.4) is 0 Å². The molecule has 0 aliphatic heterocycles. The number of nitrogens with two attached hydrogens (primary N) is 1. The largest absolute Gasteiger partial charge is 0.354 e. The highest BCUT2D eigenvalue weighted by atomic mass is 32.2. The Morgan fingerprint density at radius 1 is 1.32 bits per heavy atom. The third-order valence-corrected chi connectivity index (χ3v) is 4.34. The minimum absolute atomic E-state index is 0.0630. The summed E-state index contributed by atoms with van der Waals surface area (Å²) in [5.41, 5.74) is 4.16. The van der Waals surface area contributed by atoms with E-state index in [9.17, 15) is 9.18 Å². The maximum atomic E-state index is 14.0. The number of alkyl halides is 1. The lowest BCUT2D eigenvalue weighted by Crippen LogP contribution is -2.46. The predicted molar refractivity (Wildman–Crippen MR) is 82.2 cm³/mol. The average molecular weight is 292 g/mol. The molecule has 0 spiro atoms. The zero-order valence-electron chi connectivity index (χ0n) is 13.0. The summed E-state index contributed by atoms with van der Waals surface area (Å²) in [4.78, 5) is 12.3. The van der Waals surface area contributed by atoms with Gasteiger partial charge in [-0.25, -0.2) is 4.39 Å². The molecule has 19 heavy (non-hydrogen) atoms. The second-order valence-corrected chi connectivity index (χ2v) is 8.13. The summed E-state index contributed by atoms with van der Waals surface area (Å²) in [6.45, 7) is 11.4. The van der Waals surface area contributed by atoms with Crippen LogP contribution in [0.1, 0.15) is 48.0 Å². The Balaban J connectivity index is 4.98. The van der Waals surface area contributed by atoms with E-state index in [0.717, 1.165) is 5.75 Å². The number of amides is 1. The molecule has 0 saturated carbocycles. The van der Waals surface area contributed by atoms with E-state index in [2.05, 4.69) is 5.32 Å². The van der Waals surface area contributed by atoms with Crippen LogP contribution >= 0.6 is 11.8 Å². The normalized spacial score (nSPS) is 14.6. The molecule has 0 fully saturated rings. The number of hydrogen-bond donors (Lipinski definition) is 2. The van der Waals surface area contributed by atoms with E-state index >= 15 is 0 Å². The molecule has 5 heteroatoms. The number of halogens is 1. The molecule has 1 amide bonds. The first-order valence-electron chi connectivity index (χ1n) is 6.83. The van der Waals surface area contributed by atoms with Gasteiger partial charge in [0.25, 0.3) is 0 Å². The minimum Gasteiger partial charge on any atom is -0.354 e. The van der Waals surface area contributed by atoms with Crippen molar-refractivity contribution in [1.82, 2.24) is 5.32 Å². The van der Waals surface area contributed by atoms with Gasteiger partial charge in [0.2, 0.25) is 5.91 Å². The molecule has 0 aromatic carbocycles. The summed E-state index contributed by atoms with van der Waals surface area (Å²) in [5, 5.41) is 2.90. The third kappa shape index (κ3) is 7.78. The Bertz CT molecular complexity index is 288. The Morgan fingerprint density at radius 3 is 2.21 bits per heavy atom. The van der Waals surface area contributed by atoms with Gasteiger partial charge in [0.1, 0.15) is 5.67 Å². The van der Waals surface area contributed by atoms with Gasteiger partial charge in [0.15, 0.2) is 0 Å². The molecule has 0 radical (unpaired) electrons. The smallest absolute Gasteiger partial charge is 0.224 e. The Hall–Kier alpha value is -0.290. The number of hydrogen-bond acceptors (Lipinski definition) is 3. The highest BCUT2D eigenvalue weighted by molar-refractivity contribution is 8.00. The van der Waals surface area contributed by atoms with Crippen LogP contribution < -0.4 is 11.1 Å². The van der Waals surface area contributed by atoms with Crippen LogP contribution in [0.4, 0.5) is 4.39 Å². The molecule has 0 heterocycles. The molecule has 114 valence electrons. The first-order valence-corrected chi connectivity index (χ1v) is 7.81. The third-order valence-electron chi connectivity index (χ3n) is 2.87. The molecule has 0 bridgehead atoms. The summed E-state index contributed by atoms with van der Waals surface area (Å²) < 4.78 is 13.6. The van der Waals surface area contributed by atoms with E-state index in [1.54, 1.807) is 11.8 Å². The molecule has 0 aromatic rings. The fourth-order valence-electron chi connectivity index (χ4n) is 1.95. The molecule has 0 aliphatic carbocycles. The van der Waals surface area contributed by atoms with Crippen molar-refractivity contribution in [2.75, 3.05) is 12.3 Å². The van der Waals surface area contributed by atoms with Crippen LogP contribution in [-0.4, -0.2) is 34.7 Å². The van der Waals surface area contributed by atoms with Crippen molar-refractivity contribution in [1.29, 1.82) is 0 Å². The summed E-state index contributed by atoms with van der Waals surface area (Å²) in [6.07, 6.45) is 0.218. The number of nitrogens with one attached hydrogen (secondary N) is 1. The first-order chi connectivity index (χ1) is 8.49. The molecule has 0 saturated heterocycles. The topological polar surface area (TPSA) is 55.1 Å². The lowest BCUT2D eigenvalue weighted by Gasteiger charge is -2.36. The summed E-state index contributed by atoms with van der Waals surface area (Å²) in [6, 6.07) is 0.0630. The van der Waals surface area contributed by atoms with Crippen LogP contribution in [0.5, 0.6) is 0 Å². The summed E-state index contributed by atoms with van der Waals surface area (Å²) in [5.74, 6) is 0.326. The second kappa shape index (κ2) is 7.48. The highest BCUT2D eigenvalue weighted by Gasteiger charge is 2.39. The van der Waals surface area contributed by atoms with Gasteiger partial charge >= 0.3 is 0 Å². The van der Waals surface area contributed by atoms with Gasteiger partial charge in [-0.2, -0.15) is 11.8 Å². The van der Waals surface area contributed by atoms with Crippen molar-refractivity contribution in [2.24, 2.45) is 11.7 Å². The molecule has 0 rings (SSSR count). The highest BCUT2D eigenvalue weighted by Crippen LogP contribution is 2.38. The van der Waals surface area contributed by atoms with Crippen LogP contribution in [0.25, 0.3) is 0 Å². The molecule has 3 N–H and O–H groups in total. The maximum absolute atomic E-state index is 14.0. The van der Waals surface area contributed by atoms with Gasteiger partial charge in [-0.3, -0.25) is 4.79 Å². The van der Waals surface area contributed by atoms with E-state index in [1.165, 1.54) is 13.8 Å². The van der Waals surface area contributed by atoms with Gasteiger partial charge in [-0.15, -0.1) is 0 Å². The van der Waals surface area contributed by atoms with Crippen LogP contribution in [0.15, 0.2) is 0 Å². The molecule has 0 aromatic heterocycles. The lowest BCUT2D eigenvalue weighted by atomic mass is 9.84. The fraction of sp³-hybridized carbons (Fsp3) is 0.929. The Morgan fingerprint density at radius 2 is 1.84 bits per heavy atom. The van der Waals surface area contributed by atoms with Gasteiger partial charge in [-0.1, -0.05) is 0 Å². The van der Waals surface area contributed by atoms with E-state index < -0.39 is 5.67 Å². The first kappa shape index (κ1) is 18.7. The molecule has 3 nitrogen and oxygen atoms in total. The molecule has 1 unspecified atom stereocenters. The SMILES string of the molecule is CC(C)NC(=O)C(CC(C)(C)F)C(C)(C)SCCN. The monoisotopic (exact) mass is 292 g/mol. The van der Waals surface area contributed by atoms with Gasteiger partial charge in [-0.05, 0) is 48.0 Å². The zero-order valence-corrected chi connectivity index (χ0v) is 13.9. The standard InChI is InChI=1S/C14H29FN2OS/c1-10(2)17-12(18)11(9-13(3,4)15)14(5,6)19-8-7-16/h10-11H,7-9,16H2,1-6H3,(H,17,18). The Labute approximate surface area is 121 Å². The lowest BCUT2D eigenvalue weighted by molar-refractivity contribution is -0.127. The average Bonchev–Trinajstić information content (AvgIpc) is 2.20. The van der Waals surface area contributed by atoms with Crippen molar-refractivity contribution in [2.45, 2.75) is 64.4 Å². The Kier molecular flexibility index (Phi) is 7.37. The van der Waals surface area contributed by atoms with Gasteiger partial charge in [0, 0.05) is 23.1 Å². The number of thioether (sulfide) groups is 1. The maximum Gasteiger partial charge on any atom is 0.224 e. The van der Waals surface area contributed by atoms with E-state index in [4.69, 9.17) is 5.73 Å². The molecule has 0 aliphatic rings. The number of carbonyl (C=O) groups is 1. The number of rotatable bonds is 8. The molecule has 1 atom stereocenters. The summed E-state index contributed by atoms with van der Waals surface area (Å²) >= 11 is 1.63. The zero-order chi connectivity index (χ0) is 15.3. The second-order valence-electron chi connectivity index (χ2n) is 6.38. The van der Waals surface area contributed by atoms with Crippen molar-refractivity contribution >= 4 is 17.7 Å². The van der Waals surface area contributed by atoms with Crippen molar-refractivity contribution < 1.29 is 9.18 Å². The minimum atomic E-state index is -1.36. The van der Waals surface area contributed by atoms with Gasteiger partial charge in [0.05, 0.1) is 5.92 Å². The summed E-state index contributed by atoms with van der Waals surface area (Å²) in [7, 11) is 0. The van der Waals surface area contributed by atoms with E-state index in [0.29, 0.717) is 6.54 Å². The van der Waals surface area contributed by atoms with Crippen LogP contribution in [0.2, 0.25) is 0 Å². The van der Waals surface area contributed by atoms with Crippen LogP contribution in [0, 0.1) is 5.92 Å². The van der Waals surface area contributed by atoms with Crippen LogP contribution in [-0.2, 0) is 4.79 Å². The van der Waals surface area contributed by atoms with Crippen molar-refractivity contribution in [3.05, 3.63) is 0 Å². The van der Waals surface area contributed by atoms with E-state index in [-0.39, 0.29) is 29.0 Å². The molecular weight excluding hydrogens is 263 g/mol. The molecular formula is C14H29FN2OS. The fourth-order valence-corrected chi connectivity index (χ4v) is 2.98. The quantitative estimate of drug-likeness (QED) is 0.723. The van der Waals surface area contributed by atoms with E-state index in [1.807, 2.05) is 27.7 Å². The van der Waals surface area contributed by atoms with Crippen molar-refractivity contribution in [3.63, 3.8) is 0 Å².